The number of nitriles is 3. The van der Waals surface area contributed by atoms with Gasteiger partial charge < -0.3 is 9.13 Å². The van der Waals surface area contributed by atoms with Gasteiger partial charge in [0.1, 0.15) is 11.6 Å². The number of fused-ring (bicyclic) bond motifs is 6. The normalized spacial score (nSPS) is 11.3. The van der Waals surface area contributed by atoms with Crippen molar-refractivity contribution in [2.45, 2.75) is 27.7 Å². The Morgan fingerprint density at radius 2 is 0.528 bits per heavy atom. The smallest absolute Gasteiger partial charge is 0.104 e. The number of hydrogen-bond acceptors (Lipinski definition) is 3. The van der Waals surface area contributed by atoms with Gasteiger partial charge in [0.2, 0.25) is 0 Å². The summed E-state index contributed by atoms with van der Waals surface area (Å²) in [6.07, 6.45) is 0. The van der Waals surface area contributed by atoms with Crippen molar-refractivity contribution in [2.75, 3.05) is 0 Å². The maximum atomic E-state index is 11.8. The Hall–Kier alpha value is -9.73. The molecule has 0 amide bonds. The van der Waals surface area contributed by atoms with Gasteiger partial charge in [-0.1, -0.05) is 144 Å². The molecule has 0 aliphatic carbocycles. The van der Waals surface area contributed by atoms with Crippen LogP contribution >= 0.6 is 0 Å². The van der Waals surface area contributed by atoms with Crippen LogP contribution in [0.5, 0.6) is 0 Å². The largest absolute Gasteiger partial charge is 0.308 e. The summed E-state index contributed by atoms with van der Waals surface area (Å²) in [5.41, 5.74) is 21.5. The molecule has 338 valence electrons. The molecule has 5 nitrogen and oxygen atoms in total. The highest BCUT2D eigenvalue weighted by Crippen LogP contribution is 2.44. The Bertz CT molecular complexity index is 3830. The second-order valence-electron chi connectivity index (χ2n) is 19.1. The average molecular weight is 920 g/mol. The van der Waals surface area contributed by atoms with Crippen molar-refractivity contribution in [2.24, 2.45) is 0 Å². The molecule has 0 aliphatic rings. The molecule has 2 heterocycles. The van der Waals surface area contributed by atoms with E-state index in [1.165, 1.54) is 22.3 Å². The average Bonchev–Trinajstić information content (AvgIpc) is 3.92. The zero-order valence-corrected chi connectivity index (χ0v) is 40.3. The van der Waals surface area contributed by atoms with Crippen LogP contribution in [0.4, 0.5) is 0 Å². The predicted octanol–water partition coefficient (Wildman–Crippen LogP) is 17.1. The van der Waals surface area contributed by atoms with E-state index in [1.54, 1.807) is 6.07 Å². The summed E-state index contributed by atoms with van der Waals surface area (Å²) in [6, 6.07) is 77.7. The second kappa shape index (κ2) is 17.3. The van der Waals surface area contributed by atoms with Crippen LogP contribution in [0.1, 0.15) is 38.9 Å². The van der Waals surface area contributed by atoms with Crippen molar-refractivity contribution < 1.29 is 0 Å². The quantitative estimate of drug-likeness (QED) is 0.160. The van der Waals surface area contributed by atoms with Crippen LogP contribution in [-0.4, -0.2) is 9.13 Å². The molecule has 72 heavy (non-hydrogen) atoms. The van der Waals surface area contributed by atoms with E-state index in [-0.39, 0.29) is 0 Å². The van der Waals surface area contributed by atoms with E-state index < -0.39 is 0 Å². The molecule has 10 aromatic carbocycles. The van der Waals surface area contributed by atoms with Crippen LogP contribution in [0.25, 0.3) is 111 Å². The van der Waals surface area contributed by atoms with E-state index in [0.29, 0.717) is 33.6 Å². The summed E-state index contributed by atoms with van der Waals surface area (Å²) in [4.78, 5) is 0. The van der Waals surface area contributed by atoms with Gasteiger partial charge in [-0.05, 0) is 162 Å². The Labute approximate surface area is 418 Å². The molecule has 5 heteroatoms. The molecule has 12 aromatic rings. The monoisotopic (exact) mass is 919 g/mol. The molecule has 0 radical (unpaired) electrons. The fourth-order valence-corrected chi connectivity index (χ4v) is 10.4. The highest BCUT2D eigenvalue weighted by atomic mass is 15.0. The van der Waals surface area contributed by atoms with Crippen molar-refractivity contribution in [1.82, 2.24) is 9.13 Å². The molecule has 0 saturated heterocycles. The number of benzene rings is 10. The fourth-order valence-electron chi connectivity index (χ4n) is 10.4. The van der Waals surface area contributed by atoms with E-state index in [1.807, 2.05) is 12.1 Å². The minimum Gasteiger partial charge on any atom is -0.308 e. The van der Waals surface area contributed by atoms with E-state index in [0.717, 1.165) is 93.7 Å². The minimum absolute atomic E-state index is 0.379. The number of rotatable bonds is 7. The van der Waals surface area contributed by atoms with Gasteiger partial charge in [-0.15, -0.1) is 0 Å². The first-order valence-corrected chi connectivity index (χ1v) is 24.1. The third-order valence-corrected chi connectivity index (χ3v) is 14.3. The molecular formula is C67H45N5. The number of hydrogen-bond donors (Lipinski definition) is 0. The third kappa shape index (κ3) is 7.48. The van der Waals surface area contributed by atoms with Gasteiger partial charge >= 0.3 is 0 Å². The molecule has 0 aliphatic heterocycles. The van der Waals surface area contributed by atoms with Crippen molar-refractivity contribution >= 4 is 43.6 Å². The number of aromatic nitrogens is 2. The van der Waals surface area contributed by atoms with Crippen LogP contribution in [0, 0.1) is 61.7 Å². The maximum absolute atomic E-state index is 11.8. The summed E-state index contributed by atoms with van der Waals surface area (Å²) in [5, 5.41) is 36.5. The highest BCUT2D eigenvalue weighted by Gasteiger charge is 2.24. The predicted molar refractivity (Wildman–Crippen MR) is 295 cm³/mol. The van der Waals surface area contributed by atoms with Crippen LogP contribution in [0.2, 0.25) is 0 Å². The van der Waals surface area contributed by atoms with Crippen molar-refractivity contribution in [3.8, 4) is 85.2 Å². The zero-order valence-electron chi connectivity index (χ0n) is 40.3. The summed E-state index contributed by atoms with van der Waals surface area (Å²) in [7, 11) is 0. The lowest BCUT2D eigenvalue weighted by molar-refractivity contribution is 1.12. The summed E-state index contributed by atoms with van der Waals surface area (Å²) < 4.78 is 4.46. The van der Waals surface area contributed by atoms with Crippen LogP contribution in [-0.2, 0) is 0 Å². The van der Waals surface area contributed by atoms with Crippen molar-refractivity contribution in [1.29, 1.82) is 15.8 Å². The molecule has 0 unspecified atom stereocenters. The van der Waals surface area contributed by atoms with Gasteiger partial charge in [-0.2, -0.15) is 15.8 Å². The summed E-state index contributed by atoms with van der Waals surface area (Å²) in [5.74, 6) is 0. The van der Waals surface area contributed by atoms with Gasteiger partial charge in [0.15, 0.2) is 0 Å². The first-order chi connectivity index (χ1) is 35.1. The topological polar surface area (TPSA) is 81.2 Å². The Kier molecular flexibility index (Phi) is 10.5. The molecule has 0 N–H and O–H groups in total. The molecule has 0 fully saturated rings. The van der Waals surface area contributed by atoms with Gasteiger partial charge in [0.25, 0.3) is 0 Å². The third-order valence-electron chi connectivity index (χ3n) is 14.3. The molecule has 0 bridgehead atoms. The van der Waals surface area contributed by atoms with Crippen molar-refractivity contribution in [3.05, 3.63) is 239 Å². The lowest BCUT2D eigenvalue weighted by Crippen LogP contribution is -2.05. The molecule has 0 spiro atoms. The Balaban J connectivity index is 1.19. The van der Waals surface area contributed by atoms with Gasteiger partial charge in [0, 0.05) is 21.5 Å². The second-order valence-corrected chi connectivity index (χ2v) is 19.1. The van der Waals surface area contributed by atoms with Crippen LogP contribution in [0.15, 0.2) is 200 Å². The molecular weight excluding hydrogens is 875 g/mol. The van der Waals surface area contributed by atoms with E-state index >= 15 is 0 Å². The maximum Gasteiger partial charge on any atom is 0.104 e. The summed E-state index contributed by atoms with van der Waals surface area (Å²) in [6.45, 7) is 8.41. The van der Waals surface area contributed by atoms with E-state index in [2.05, 4.69) is 237 Å². The van der Waals surface area contributed by atoms with Crippen molar-refractivity contribution in [3.63, 3.8) is 0 Å². The lowest BCUT2D eigenvalue weighted by Gasteiger charge is -2.19. The molecule has 0 saturated carbocycles. The Morgan fingerprint density at radius 1 is 0.264 bits per heavy atom. The first kappa shape index (κ1) is 43.5. The highest BCUT2D eigenvalue weighted by molar-refractivity contribution is 6.14. The Morgan fingerprint density at radius 3 is 0.792 bits per heavy atom. The van der Waals surface area contributed by atoms with E-state index in [9.17, 15) is 15.8 Å². The molecule has 12 rings (SSSR count). The molecule has 0 atom stereocenters. The van der Waals surface area contributed by atoms with Gasteiger partial charge in [-0.25, -0.2) is 0 Å². The SMILES string of the molecule is Cc1ccc(-c2ccc3c(c2)c2cc(-c4ccc(C)cc4)ccc2n3-c2cc(-c3cc(C#N)cc(C#N)c3)cc(-n3c4ccc(-c5ccc(C)cc5)cc4c4cc(-c5ccc(C)cc5)ccc43)c2C#N)cc1. The minimum atomic E-state index is 0.379. The lowest BCUT2D eigenvalue weighted by atomic mass is 9.97. The standard InChI is InChI=1S/C67H45N5/c1-41-5-13-47(14-6-41)51-21-25-62-57(32-51)58-33-52(48-15-7-42(2)8-16-48)22-26-63(58)71(62)66-36-56(55-30-45(38-68)29-46(31-55)39-69)37-67(61(66)40-70)72-64-27-23-53(49-17-9-43(3)10-18-49)34-59(64)60-35-54(24-28-65(60)72)50-19-11-44(4)12-20-50/h5-37H,1-4H3. The van der Waals surface area contributed by atoms with Crippen LogP contribution in [0.3, 0.4) is 0 Å². The zero-order chi connectivity index (χ0) is 49.2. The number of nitrogens with zero attached hydrogens (tertiary/aromatic N) is 5. The summed E-state index contributed by atoms with van der Waals surface area (Å²) >= 11 is 0. The first-order valence-electron chi connectivity index (χ1n) is 24.1. The van der Waals surface area contributed by atoms with Crippen LogP contribution < -0.4 is 0 Å². The molecule has 2 aromatic heterocycles. The number of aryl methyl sites for hydroxylation is 4. The van der Waals surface area contributed by atoms with E-state index in [4.69, 9.17) is 0 Å². The van der Waals surface area contributed by atoms with Gasteiger partial charge in [0.05, 0.1) is 56.7 Å². The van der Waals surface area contributed by atoms with Gasteiger partial charge in [-0.3, -0.25) is 0 Å². The fraction of sp³-hybridized carbons (Fsp3) is 0.0597.